The normalized spacial score (nSPS) is 15.3. The van der Waals surface area contributed by atoms with Gasteiger partial charge in [-0.15, -0.1) is 0 Å². The first-order chi connectivity index (χ1) is 8.65. The predicted octanol–water partition coefficient (Wildman–Crippen LogP) is 2.30. The van der Waals surface area contributed by atoms with Crippen molar-refractivity contribution in [1.29, 1.82) is 0 Å². The fourth-order valence-electron chi connectivity index (χ4n) is 2.03. The second-order valence-electron chi connectivity index (χ2n) is 4.41. The molecule has 0 aromatic heterocycles. The van der Waals surface area contributed by atoms with Gasteiger partial charge in [-0.3, -0.25) is 4.79 Å². The zero-order valence-corrected chi connectivity index (χ0v) is 11.0. The Hall–Kier alpha value is -1.13. The van der Waals surface area contributed by atoms with E-state index in [2.05, 4.69) is 5.32 Å². The van der Waals surface area contributed by atoms with Crippen LogP contribution in [-0.2, 0) is 0 Å². The summed E-state index contributed by atoms with van der Waals surface area (Å²) in [5.41, 5.74) is -0.0143. The highest BCUT2D eigenvalue weighted by Crippen LogP contribution is 2.22. The molecule has 98 valence electrons. The third kappa shape index (κ3) is 2.49. The summed E-state index contributed by atoms with van der Waals surface area (Å²) in [6.45, 7) is 4.14. The van der Waals surface area contributed by atoms with Gasteiger partial charge in [0.05, 0.1) is 16.6 Å². The van der Waals surface area contributed by atoms with Crippen LogP contribution in [0.2, 0.25) is 5.02 Å². The third-order valence-corrected chi connectivity index (χ3v) is 3.42. The van der Waals surface area contributed by atoms with E-state index in [4.69, 9.17) is 11.6 Å². The van der Waals surface area contributed by atoms with Crippen LogP contribution in [0.4, 0.5) is 4.39 Å². The summed E-state index contributed by atoms with van der Waals surface area (Å²) in [7, 11) is 0. The molecule has 0 radical (unpaired) electrons. The molecule has 1 N–H and O–H groups in total. The Morgan fingerprint density at radius 3 is 2.78 bits per heavy atom. The zero-order chi connectivity index (χ0) is 13.1. The Balaban J connectivity index is 2.27. The highest BCUT2D eigenvalue weighted by Gasteiger charge is 2.30. The average molecular weight is 271 g/mol. The second-order valence-corrected chi connectivity index (χ2v) is 4.81. The molecule has 1 aromatic carbocycles. The predicted molar refractivity (Wildman–Crippen MR) is 69.4 cm³/mol. The van der Waals surface area contributed by atoms with E-state index in [-0.39, 0.29) is 22.5 Å². The first-order valence-corrected chi connectivity index (χ1v) is 6.48. The summed E-state index contributed by atoms with van der Waals surface area (Å²) in [4.78, 5) is 14.1. The number of nitrogens with one attached hydrogen (secondary N) is 1. The molecule has 0 saturated carbocycles. The standard InChI is InChI=1S/C13H16ClFN2O/c1-2-6-17(9-7-16-8-9)13(18)12-10(14)4-3-5-11(12)15/h3-5,9,16H,2,6-8H2,1H3. The molecule has 1 aliphatic heterocycles. The van der Waals surface area contributed by atoms with Gasteiger partial charge in [-0.1, -0.05) is 24.6 Å². The highest BCUT2D eigenvalue weighted by molar-refractivity contribution is 6.33. The van der Waals surface area contributed by atoms with Gasteiger partial charge >= 0.3 is 0 Å². The van der Waals surface area contributed by atoms with Gasteiger partial charge in [-0.05, 0) is 18.6 Å². The number of hydrogen-bond acceptors (Lipinski definition) is 2. The minimum absolute atomic E-state index is 0.0143. The van der Waals surface area contributed by atoms with Crippen molar-refractivity contribution in [1.82, 2.24) is 10.2 Å². The molecule has 18 heavy (non-hydrogen) atoms. The Kier molecular flexibility index (Phi) is 4.19. The van der Waals surface area contributed by atoms with E-state index in [0.29, 0.717) is 6.54 Å². The maximum Gasteiger partial charge on any atom is 0.258 e. The number of hydrogen-bond donors (Lipinski definition) is 1. The number of amides is 1. The van der Waals surface area contributed by atoms with Crippen LogP contribution < -0.4 is 5.32 Å². The molecule has 0 unspecified atom stereocenters. The van der Waals surface area contributed by atoms with E-state index in [9.17, 15) is 9.18 Å². The lowest BCUT2D eigenvalue weighted by Crippen LogP contribution is -2.59. The molecule has 1 amide bonds. The molecule has 5 heteroatoms. The van der Waals surface area contributed by atoms with Crippen molar-refractivity contribution < 1.29 is 9.18 Å². The molecule has 1 saturated heterocycles. The average Bonchev–Trinajstić information content (AvgIpc) is 2.25. The molecule has 1 aromatic rings. The van der Waals surface area contributed by atoms with E-state index < -0.39 is 5.82 Å². The van der Waals surface area contributed by atoms with Crippen LogP contribution in [0.25, 0.3) is 0 Å². The van der Waals surface area contributed by atoms with E-state index in [0.717, 1.165) is 19.5 Å². The minimum Gasteiger partial charge on any atom is -0.333 e. The summed E-state index contributed by atoms with van der Waals surface area (Å²) < 4.78 is 13.7. The molecule has 1 aliphatic rings. The van der Waals surface area contributed by atoms with Crippen molar-refractivity contribution in [2.45, 2.75) is 19.4 Å². The fraction of sp³-hybridized carbons (Fsp3) is 0.462. The van der Waals surface area contributed by atoms with Gasteiger partial charge in [0, 0.05) is 19.6 Å². The van der Waals surface area contributed by atoms with Crippen molar-refractivity contribution in [2.24, 2.45) is 0 Å². The van der Waals surface area contributed by atoms with E-state index in [1.165, 1.54) is 12.1 Å². The van der Waals surface area contributed by atoms with Gasteiger partial charge in [-0.25, -0.2) is 4.39 Å². The Labute approximate surface area is 111 Å². The first kappa shape index (κ1) is 13.3. The van der Waals surface area contributed by atoms with Crippen LogP contribution in [0.1, 0.15) is 23.7 Å². The molecule has 0 atom stereocenters. The van der Waals surface area contributed by atoms with E-state index in [1.807, 2.05) is 6.92 Å². The number of carbonyl (C=O) groups is 1. The molecular formula is C13H16ClFN2O. The number of benzene rings is 1. The summed E-state index contributed by atoms with van der Waals surface area (Å²) in [5.74, 6) is -0.868. The first-order valence-electron chi connectivity index (χ1n) is 6.10. The summed E-state index contributed by atoms with van der Waals surface area (Å²) in [6, 6.07) is 4.46. The molecule has 1 fully saturated rings. The highest BCUT2D eigenvalue weighted by atomic mass is 35.5. The Bertz CT molecular complexity index is 428. The maximum atomic E-state index is 13.7. The molecule has 2 rings (SSSR count). The van der Waals surface area contributed by atoms with E-state index in [1.54, 1.807) is 11.0 Å². The van der Waals surface area contributed by atoms with Crippen molar-refractivity contribution in [3.05, 3.63) is 34.6 Å². The van der Waals surface area contributed by atoms with Gasteiger partial charge in [0.2, 0.25) is 0 Å². The van der Waals surface area contributed by atoms with Crippen LogP contribution in [0.5, 0.6) is 0 Å². The zero-order valence-electron chi connectivity index (χ0n) is 10.2. The number of nitrogens with zero attached hydrogens (tertiary/aromatic N) is 1. The van der Waals surface area contributed by atoms with Gasteiger partial charge in [-0.2, -0.15) is 0 Å². The van der Waals surface area contributed by atoms with Crippen LogP contribution in [-0.4, -0.2) is 36.5 Å². The number of halogens is 2. The fourth-order valence-corrected chi connectivity index (χ4v) is 2.27. The lowest BCUT2D eigenvalue weighted by Gasteiger charge is -2.38. The summed E-state index contributed by atoms with van der Waals surface area (Å²) in [6.07, 6.45) is 0.842. The Morgan fingerprint density at radius 2 is 2.28 bits per heavy atom. The van der Waals surface area contributed by atoms with Crippen molar-refractivity contribution in [3.63, 3.8) is 0 Å². The van der Waals surface area contributed by atoms with Crippen LogP contribution >= 0.6 is 11.6 Å². The lowest BCUT2D eigenvalue weighted by atomic mass is 10.1. The van der Waals surface area contributed by atoms with E-state index >= 15 is 0 Å². The molecule has 0 aliphatic carbocycles. The lowest BCUT2D eigenvalue weighted by molar-refractivity contribution is 0.0611. The van der Waals surface area contributed by atoms with Crippen LogP contribution in [0.15, 0.2) is 18.2 Å². The smallest absolute Gasteiger partial charge is 0.258 e. The van der Waals surface area contributed by atoms with Crippen molar-refractivity contribution >= 4 is 17.5 Å². The van der Waals surface area contributed by atoms with Gasteiger partial charge < -0.3 is 10.2 Å². The topological polar surface area (TPSA) is 32.3 Å². The van der Waals surface area contributed by atoms with Gasteiger partial charge in [0.15, 0.2) is 0 Å². The van der Waals surface area contributed by atoms with Crippen molar-refractivity contribution in [3.8, 4) is 0 Å². The summed E-state index contributed by atoms with van der Waals surface area (Å²) in [5, 5.41) is 3.29. The van der Waals surface area contributed by atoms with Crippen molar-refractivity contribution in [2.75, 3.05) is 19.6 Å². The molecule has 0 bridgehead atoms. The number of carbonyl (C=O) groups excluding carboxylic acids is 1. The molecule has 3 nitrogen and oxygen atoms in total. The molecule has 0 spiro atoms. The van der Waals surface area contributed by atoms with Gasteiger partial charge in [0.1, 0.15) is 5.82 Å². The summed E-state index contributed by atoms with van der Waals surface area (Å²) >= 11 is 5.93. The second kappa shape index (κ2) is 5.67. The Morgan fingerprint density at radius 1 is 1.56 bits per heavy atom. The van der Waals surface area contributed by atoms with Crippen LogP contribution in [0, 0.1) is 5.82 Å². The van der Waals surface area contributed by atoms with Gasteiger partial charge in [0.25, 0.3) is 5.91 Å². The SMILES string of the molecule is CCCN(C(=O)c1c(F)cccc1Cl)C1CNC1. The van der Waals surface area contributed by atoms with Crippen LogP contribution in [0.3, 0.4) is 0 Å². The maximum absolute atomic E-state index is 13.7. The largest absolute Gasteiger partial charge is 0.333 e. The third-order valence-electron chi connectivity index (χ3n) is 3.10. The monoisotopic (exact) mass is 270 g/mol. The molecule has 1 heterocycles. The quantitative estimate of drug-likeness (QED) is 0.911. The minimum atomic E-state index is -0.555. The number of rotatable bonds is 4. The molecular weight excluding hydrogens is 255 g/mol.